The zero-order valence-corrected chi connectivity index (χ0v) is 18.2. The summed E-state index contributed by atoms with van der Waals surface area (Å²) in [5.41, 5.74) is 2.13. The highest BCUT2D eigenvalue weighted by Gasteiger charge is 2.39. The van der Waals surface area contributed by atoms with Gasteiger partial charge in [-0.2, -0.15) is 0 Å². The summed E-state index contributed by atoms with van der Waals surface area (Å²) in [6, 6.07) is 14.5. The van der Waals surface area contributed by atoms with Crippen LogP contribution in [-0.2, 0) is 22.4 Å². The van der Waals surface area contributed by atoms with Crippen LogP contribution in [0, 0.1) is 0 Å². The number of benzene rings is 1. The zero-order chi connectivity index (χ0) is 22.3. The van der Waals surface area contributed by atoms with Crippen molar-refractivity contribution in [3.05, 3.63) is 66.0 Å². The second kappa shape index (κ2) is 10.4. The van der Waals surface area contributed by atoms with E-state index in [2.05, 4.69) is 15.2 Å². The first kappa shape index (κ1) is 22.0. The Morgan fingerprint density at radius 3 is 2.41 bits per heavy atom. The number of urea groups is 1. The van der Waals surface area contributed by atoms with Crippen LogP contribution in [0.3, 0.4) is 0 Å². The highest BCUT2D eigenvalue weighted by Crippen LogP contribution is 2.14. The lowest BCUT2D eigenvalue weighted by Gasteiger charge is -2.35. The Labute approximate surface area is 188 Å². The second-order valence-electron chi connectivity index (χ2n) is 8.23. The summed E-state index contributed by atoms with van der Waals surface area (Å²) in [4.78, 5) is 47.4. The third kappa shape index (κ3) is 5.50. The molecule has 1 atom stereocenters. The van der Waals surface area contributed by atoms with Gasteiger partial charge in [0.1, 0.15) is 6.04 Å². The Morgan fingerprint density at radius 2 is 1.69 bits per heavy atom. The Balaban J connectivity index is 1.21. The first-order valence-corrected chi connectivity index (χ1v) is 11.2. The number of aromatic nitrogens is 1. The Hall–Kier alpha value is -3.26. The number of amides is 4. The maximum absolute atomic E-state index is 12.8. The monoisotopic (exact) mass is 435 g/mol. The molecule has 1 N–H and O–H groups in total. The molecule has 2 saturated heterocycles. The van der Waals surface area contributed by atoms with Gasteiger partial charge in [0, 0.05) is 57.6 Å². The maximum atomic E-state index is 12.8. The van der Waals surface area contributed by atoms with E-state index in [4.69, 9.17) is 0 Å². The molecule has 4 rings (SSSR count). The predicted molar refractivity (Wildman–Crippen MR) is 120 cm³/mol. The van der Waals surface area contributed by atoms with Gasteiger partial charge in [-0.25, -0.2) is 4.79 Å². The van der Waals surface area contributed by atoms with Crippen LogP contribution < -0.4 is 5.32 Å². The van der Waals surface area contributed by atoms with Gasteiger partial charge >= 0.3 is 6.03 Å². The molecular formula is C24H29N5O3. The fourth-order valence-electron chi connectivity index (χ4n) is 4.16. The van der Waals surface area contributed by atoms with Gasteiger partial charge in [-0.3, -0.25) is 24.4 Å². The number of nitrogens with zero attached hydrogens (tertiary/aromatic N) is 4. The summed E-state index contributed by atoms with van der Waals surface area (Å²) >= 11 is 0. The first-order valence-electron chi connectivity index (χ1n) is 11.2. The van der Waals surface area contributed by atoms with Crippen LogP contribution in [0.4, 0.5) is 4.79 Å². The molecular weight excluding hydrogens is 406 g/mol. The minimum atomic E-state index is -0.770. The van der Waals surface area contributed by atoms with Crippen LogP contribution in [0.1, 0.15) is 17.7 Å². The molecule has 0 unspecified atom stereocenters. The van der Waals surface area contributed by atoms with Crippen LogP contribution in [0.25, 0.3) is 0 Å². The van der Waals surface area contributed by atoms with Gasteiger partial charge < -0.3 is 10.2 Å². The molecule has 2 aliphatic rings. The molecule has 0 aliphatic carbocycles. The van der Waals surface area contributed by atoms with Gasteiger partial charge in [-0.1, -0.05) is 36.4 Å². The van der Waals surface area contributed by atoms with Crippen molar-refractivity contribution >= 4 is 17.8 Å². The van der Waals surface area contributed by atoms with Crippen molar-refractivity contribution in [1.82, 2.24) is 25.0 Å². The summed E-state index contributed by atoms with van der Waals surface area (Å²) in [7, 11) is 0. The summed E-state index contributed by atoms with van der Waals surface area (Å²) in [6.07, 6.45) is 3.30. The lowest BCUT2D eigenvalue weighted by atomic mass is 10.1. The van der Waals surface area contributed by atoms with Crippen LogP contribution >= 0.6 is 0 Å². The average Bonchev–Trinajstić information content (AvgIpc) is 3.10. The minimum Gasteiger partial charge on any atom is -0.340 e. The number of carbonyl (C=O) groups is 3. The number of piperazine rings is 1. The van der Waals surface area contributed by atoms with E-state index < -0.39 is 12.1 Å². The number of imide groups is 1. The zero-order valence-electron chi connectivity index (χ0n) is 18.2. The molecule has 0 bridgehead atoms. The summed E-state index contributed by atoms with van der Waals surface area (Å²) in [6.45, 7) is 4.08. The minimum absolute atomic E-state index is 0.0142. The molecule has 168 valence electrons. The summed E-state index contributed by atoms with van der Waals surface area (Å²) < 4.78 is 0. The van der Waals surface area contributed by atoms with Crippen LogP contribution in [0.15, 0.2) is 54.7 Å². The van der Waals surface area contributed by atoms with Crippen molar-refractivity contribution in [3.8, 4) is 0 Å². The average molecular weight is 436 g/mol. The largest absolute Gasteiger partial charge is 0.340 e. The van der Waals surface area contributed by atoms with Crippen molar-refractivity contribution in [2.75, 3.05) is 39.3 Å². The molecule has 8 nitrogen and oxygen atoms in total. The quantitative estimate of drug-likeness (QED) is 0.632. The molecule has 2 fully saturated rings. The molecule has 2 aromatic rings. The normalized spacial score (nSPS) is 19.3. The Kier molecular flexibility index (Phi) is 7.11. The Bertz CT molecular complexity index is 929. The lowest BCUT2D eigenvalue weighted by Crippen LogP contribution is -2.50. The topological polar surface area (TPSA) is 85.8 Å². The van der Waals surface area contributed by atoms with Gasteiger partial charge in [0.2, 0.25) is 5.91 Å². The molecule has 8 heteroatoms. The van der Waals surface area contributed by atoms with Crippen LogP contribution in [0.2, 0.25) is 0 Å². The van der Waals surface area contributed by atoms with Gasteiger partial charge in [-0.15, -0.1) is 0 Å². The van der Waals surface area contributed by atoms with Gasteiger partial charge in [0.15, 0.2) is 0 Å². The molecule has 0 radical (unpaired) electrons. The van der Waals surface area contributed by atoms with Crippen molar-refractivity contribution < 1.29 is 14.4 Å². The van der Waals surface area contributed by atoms with E-state index in [9.17, 15) is 14.4 Å². The molecule has 1 aromatic carbocycles. The number of hydrogen-bond acceptors (Lipinski definition) is 5. The van der Waals surface area contributed by atoms with E-state index in [1.165, 1.54) is 4.90 Å². The number of carbonyl (C=O) groups excluding carboxylic acids is 3. The molecule has 0 saturated carbocycles. The fourth-order valence-corrected chi connectivity index (χ4v) is 4.16. The standard InChI is InChI=1S/C24H29N5O3/c30-22(28-16-14-27(15-17-28)12-10-20-8-4-5-11-25-20)18-21-23(31)29(24(32)26-21)13-9-19-6-2-1-3-7-19/h1-8,11,21H,9-10,12-18H2,(H,26,32)/t21-/m1/s1. The van der Waals surface area contributed by atoms with E-state index >= 15 is 0 Å². The summed E-state index contributed by atoms with van der Waals surface area (Å²) in [5, 5.41) is 2.68. The third-order valence-corrected chi connectivity index (χ3v) is 6.09. The van der Waals surface area contributed by atoms with E-state index in [1.54, 1.807) is 11.1 Å². The molecule has 4 amide bonds. The fraction of sp³-hybridized carbons (Fsp3) is 0.417. The van der Waals surface area contributed by atoms with Crippen LogP contribution in [0.5, 0.6) is 0 Å². The van der Waals surface area contributed by atoms with Crippen molar-refractivity contribution in [3.63, 3.8) is 0 Å². The smallest absolute Gasteiger partial charge is 0.324 e. The second-order valence-corrected chi connectivity index (χ2v) is 8.23. The lowest BCUT2D eigenvalue weighted by molar-refractivity contribution is -0.137. The molecule has 0 spiro atoms. The molecule has 1 aromatic heterocycles. The first-order chi connectivity index (χ1) is 15.6. The highest BCUT2D eigenvalue weighted by molar-refractivity contribution is 6.05. The van der Waals surface area contributed by atoms with Crippen molar-refractivity contribution in [2.24, 2.45) is 0 Å². The van der Waals surface area contributed by atoms with Gasteiger partial charge in [0.05, 0.1) is 6.42 Å². The number of nitrogens with one attached hydrogen (secondary N) is 1. The maximum Gasteiger partial charge on any atom is 0.324 e. The highest BCUT2D eigenvalue weighted by atomic mass is 16.2. The number of rotatable bonds is 8. The summed E-state index contributed by atoms with van der Waals surface area (Å²) in [5.74, 6) is -0.397. The number of hydrogen-bond donors (Lipinski definition) is 1. The van der Waals surface area contributed by atoms with E-state index in [0.29, 0.717) is 26.1 Å². The van der Waals surface area contributed by atoms with Crippen molar-refractivity contribution in [1.29, 1.82) is 0 Å². The van der Waals surface area contributed by atoms with E-state index in [-0.39, 0.29) is 18.2 Å². The Morgan fingerprint density at radius 1 is 0.938 bits per heavy atom. The van der Waals surface area contributed by atoms with Crippen LogP contribution in [-0.4, -0.2) is 82.8 Å². The van der Waals surface area contributed by atoms with E-state index in [0.717, 1.165) is 37.3 Å². The predicted octanol–water partition coefficient (Wildman–Crippen LogP) is 1.32. The van der Waals surface area contributed by atoms with Gasteiger partial charge in [-0.05, 0) is 24.1 Å². The molecule has 3 heterocycles. The molecule has 32 heavy (non-hydrogen) atoms. The SMILES string of the molecule is O=C(C[C@H]1NC(=O)N(CCc2ccccc2)C1=O)N1CCN(CCc2ccccn2)CC1. The van der Waals surface area contributed by atoms with Crippen molar-refractivity contribution in [2.45, 2.75) is 25.3 Å². The third-order valence-electron chi connectivity index (χ3n) is 6.09. The van der Waals surface area contributed by atoms with Gasteiger partial charge in [0.25, 0.3) is 5.91 Å². The number of pyridine rings is 1. The molecule has 2 aliphatic heterocycles. The van der Waals surface area contributed by atoms with E-state index in [1.807, 2.05) is 48.5 Å².